The molecule has 0 saturated carbocycles. The van der Waals surface area contributed by atoms with Gasteiger partial charge in [-0.25, -0.2) is 9.55 Å². The van der Waals surface area contributed by atoms with E-state index in [0.717, 1.165) is 5.56 Å². The molecule has 0 spiro atoms. The Bertz CT molecular complexity index is 1250. The first-order chi connectivity index (χ1) is 15.1. The highest BCUT2D eigenvalue weighted by molar-refractivity contribution is 7.46. The number of imidazole rings is 1. The Morgan fingerprint density at radius 1 is 1.19 bits per heavy atom. The molecule has 4 rings (SSSR count). The van der Waals surface area contributed by atoms with Gasteiger partial charge < -0.3 is 30.5 Å². The van der Waals surface area contributed by atoms with Crippen molar-refractivity contribution in [3.63, 3.8) is 0 Å². The van der Waals surface area contributed by atoms with Crippen LogP contribution in [0.5, 0.6) is 0 Å². The fraction of sp³-hybridized carbons (Fsp3) is 0.278. The van der Waals surface area contributed by atoms with Crippen LogP contribution in [0, 0.1) is 0 Å². The van der Waals surface area contributed by atoms with Gasteiger partial charge >= 0.3 is 7.82 Å². The summed E-state index contributed by atoms with van der Waals surface area (Å²) in [6.07, 6.45) is -2.40. The minimum Gasteiger partial charge on any atom is -0.387 e. The van der Waals surface area contributed by atoms with Crippen molar-refractivity contribution in [2.24, 2.45) is 0 Å². The van der Waals surface area contributed by atoms with Crippen LogP contribution in [-0.2, 0) is 13.8 Å². The number of nitrogens with one attached hydrogen (secondary N) is 1. The zero-order chi connectivity index (χ0) is 23.0. The number of aromatic nitrogens is 4. The standard InChI is InChI=1S/C18H20N5O8P/c19-18-21-15-12(16(26)22-18)20-11(7-6-9-4-2-1-3-5-9)23(15)17-14(25)13(24)10(31-17)8-30-32(27,28)29/h1-7,10,13-14,17,24-25H,8H2,(H2,27,28,29)(H3,19,21,22,26)/t10-,13-,14-,17-/m1/s1. The first kappa shape index (κ1) is 22.3. The number of rotatable bonds is 6. The number of aliphatic hydroxyl groups is 2. The fourth-order valence-electron chi connectivity index (χ4n) is 3.37. The van der Waals surface area contributed by atoms with Gasteiger partial charge in [0.2, 0.25) is 5.95 Å². The van der Waals surface area contributed by atoms with Crippen molar-refractivity contribution in [1.29, 1.82) is 0 Å². The minimum absolute atomic E-state index is 0.00762. The van der Waals surface area contributed by atoms with E-state index >= 15 is 0 Å². The predicted octanol–water partition coefficient (Wildman–Crippen LogP) is -0.399. The number of aromatic amines is 1. The van der Waals surface area contributed by atoms with Gasteiger partial charge in [0.15, 0.2) is 17.4 Å². The molecule has 1 aliphatic rings. The maximum Gasteiger partial charge on any atom is 0.469 e. The van der Waals surface area contributed by atoms with E-state index in [1.807, 2.05) is 30.3 Å². The number of hydrogen-bond acceptors (Lipinski definition) is 9. The van der Waals surface area contributed by atoms with Crippen molar-refractivity contribution in [2.45, 2.75) is 24.5 Å². The summed E-state index contributed by atoms with van der Waals surface area (Å²) in [7, 11) is -4.83. The second-order valence-corrected chi connectivity index (χ2v) is 8.28. The molecule has 170 valence electrons. The Balaban J connectivity index is 1.77. The van der Waals surface area contributed by atoms with Crippen molar-refractivity contribution >= 4 is 37.1 Å². The molecule has 3 heterocycles. The molecular formula is C18H20N5O8P. The average Bonchev–Trinajstić information content (AvgIpc) is 3.23. The number of phosphoric ester groups is 1. The Kier molecular flexibility index (Phi) is 5.97. The number of nitrogen functional groups attached to an aromatic ring is 1. The highest BCUT2D eigenvalue weighted by Gasteiger charge is 2.46. The molecule has 0 aliphatic carbocycles. The van der Waals surface area contributed by atoms with Gasteiger partial charge in [-0.3, -0.25) is 18.9 Å². The largest absolute Gasteiger partial charge is 0.469 e. The second-order valence-electron chi connectivity index (χ2n) is 7.04. The molecule has 2 aromatic heterocycles. The van der Waals surface area contributed by atoms with Gasteiger partial charge in [-0.2, -0.15) is 4.98 Å². The van der Waals surface area contributed by atoms with Crippen LogP contribution in [0.4, 0.5) is 5.95 Å². The summed E-state index contributed by atoms with van der Waals surface area (Å²) in [5, 5.41) is 20.9. The number of phosphoric acid groups is 1. The third-order valence-electron chi connectivity index (χ3n) is 4.82. The van der Waals surface area contributed by atoms with E-state index in [1.54, 1.807) is 12.2 Å². The number of benzene rings is 1. The monoisotopic (exact) mass is 465 g/mol. The van der Waals surface area contributed by atoms with E-state index in [-0.39, 0.29) is 22.9 Å². The van der Waals surface area contributed by atoms with Gasteiger partial charge in [0.1, 0.15) is 24.1 Å². The van der Waals surface area contributed by atoms with Crippen LogP contribution in [0.2, 0.25) is 0 Å². The van der Waals surface area contributed by atoms with Gasteiger partial charge in [-0.15, -0.1) is 0 Å². The molecule has 3 aromatic rings. The third-order valence-corrected chi connectivity index (χ3v) is 5.30. The Labute approximate surface area is 180 Å². The summed E-state index contributed by atoms with van der Waals surface area (Å²) in [5.41, 5.74) is 5.79. The van der Waals surface area contributed by atoms with Crippen molar-refractivity contribution in [3.8, 4) is 0 Å². The van der Waals surface area contributed by atoms with Crippen molar-refractivity contribution in [2.75, 3.05) is 12.3 Å². The van der Waals surface area contributed by atoms with Crippen molar-refractivity contribution in [1.82, 2.24) is 19.5 Å². The molecule has 1 saturated heterocycles. The number of nitrogens with two attached hydrogens (primary N) is 1. The molecule has 0 amide bonds. The van der Waals surface area contributed by atoms with Gasteiger partial charge in [0.05, 0.1) is 6.61 Å². The van der Waals surface area contributed by atoms with Crippen LogP contribution in [0.3, 0.4) is 0 Å². The predicted molar refractivity (Wildman–Crippen MR) is 112 cm³/mol. The first-order valence-corrected chi connectivity index (χ1v) is 10.9. The fourth-order valence-corrected chi connectivity index (χ4v) is 3.71. The maximum atomic E-state index is 12.3. The average molecular weight is 465 g/mol. The molecule has 14 heteroatoms. The molecule has 7 N–H and O–H groups in total. The first-order valence-electron chi connectivity index (χ1n) is 9.36. The molecule has 13 nitrogen and oxygen atoms in total. The van der Waals surface area contributed by atoms with Crippen molar-refractivity contribution in [3.05, 3.63) is 52.1 Å². The number of nitrogens with zero attached hydrogens (tertiary/aromatic N) is 3. The van der Waals surface area contributed by atoms with E-state index in [9.17, 15) is 19.6 Å². The van der Waals surface area contributed by atoms with Gasteiger partial charge in [0, 0.05) is 0 Å². The summed E-state index contributed by atoms with van der Waals surface area (Å²) >= 11 is 0. The number of anilines is 1. The van der Waals surface area contributed by atoms with Gasteiger partial charge in [-0.05, 0) is 11.6 Å². The minimum atomic E-state index is -4.83. The summed E-state index contributed by atoms with van der Waals surface area (Å²) in [6.45, 7) is -0.684. The van der Waals surface area contributed by atoms with Crippen LogP contribution in [0.1, 0.15) is 17.6 Å². The molecule has 1 aromatic carbocycles. The molecule has 4 atom stereocenters. The molecule has 0 radical (unpaired) electrons. The van der Waals surface area contributed by atoms with Crippen LogP contribution < -0.4 is 11.3 Å². The lowest BCUT2D eigenvalue weighted by Crippen LogP contribution is -2.33. The third kappa shape index (κ3) is 4.49. The van der Waals surface area contributed by atoms with E-state index < -0.39 is 44.5 Å². The second kappa shape index (κ2) is 8.56. The Morgan fingerprint density at radius 2 is 1.91 bits per heavy atom. The lowest BCUT2D eigenvalue weighted by atomic mass is 10.1. The molecular weight excluding hydrogens is 445 g/mol. The van der Waals surface area contributed by atoms with Crippen molar-refractivity contribution < 1.29 is 33.8 Å². The lowest BCUT2D eigenvalue weighted by molar-refractivity contribution is -0.0506. The number of ether oxygens (including phenoxy) is 1. The topological polar surface area (TPSA) is 206 Å². The van der Waals surface area contributed by atoms with E-state index in [0.29, 0.717) is 0 Å². The van der Waals surface area contributed by atoms with E-state index in [1.165, 1.54) is 4.57 Å². The normalized spacial score (nSPS) is 24.0. The lowest BCUT2D eigenvalue weighted by Gasteiger charge is -2.18. The molecule has 1 aliphatic heterocycles. The van der Waals surface area contributed by atoms with Gasteiger partial charge in [0.25, 0.3) is 5.56 Å². The molecule has 0 bridgehead atoms. The molecule has 1 fully saturated rings. The SMILES string of the molecule is Nc1nc2c(nc(C=Cc3ccccc3)n2[C@@H]2O[C@H](COP(=O)(O)O)[C@@H](O)[C@H]2O)c(=O)[nH]1. The highest BCUT2D eigenvalue weighted by atomic mass is 31.2. The zero-order valence-electron chi connectivity index (χ0n) is 16.3. The summed E-state index contributed by atoms with van der Waals surface area (Å²) in [5.74, 6) is -0.0306. The highest BCUT2D eigenvalue weighted by Crippen LogP contribution is 2.39. The summed E-state index contributed by atoms with van der Waals surface area (Å²) in [4.78, 5) is 40.8. The Hall–Kier alpha value is -2.90. The van der Waals surface area contributed by atoms with E-state index in [4.69, 9.17) is 20.3 Å². The summed E-state index contributed by atoms with van der Waals surface area (Å²) in [6, 6.07) is 9.20. The van der Waals surface area contributed by atoms with Crippen LogP contribution in [-0.4, -0.2) is 64.4 Å². The van der Waals surface area contributed by atoms with E-state index in [2.05, 4.69) is 19.5 Å². The number of H-pyrrole nitrogens is 1. The number of fused-ring (bicyclic) bond motifs is 1. The van der Waals surface area contributed by atoms with Gasteiger partial charge in [-0.1, -0.05) is 36.4 Å². The molecule has 0 unspecified atom stereocenters. The number of aliphatic hydroxyl groups excluding tert-OH is 2. The summed E-state index contributed by atoms with van der Waals surface area (Å²) < 4.78 is 22.3. The zero-order valence-corrected chi connectivity index (χ0v) is 17.2. The van der Waals surface area contributed by atoms with Crippen LogP contribution in [0.15, 0.2) is 35.1 Å². The van der Waals surface area contributed by atoms with Crippen LogP contribution >= 0.6 is 7.82 Å². The maximum absolute atomic E-state index is 12.3. The van der Waals surface area contributed by atoms with Crippen LogP contribution in [0.25, 0.3) is 23.3 Å². The Morgan fingerprint density at radius 3 is 2.59 bits per heavy atom. The molecule has 32 heavy (non-hydrogen) atoms. The quantitative estimate of drug-likeness (QED) is 0.258. The smallest absolute Gasteiger partial charge is 0.387 e. The number of hydrogen-bond donors (Lipinski definition) is 6.